The predicted octanol–water partition coefficient (Wildman–Crippen LogP) is 2.51. The van der Waals surface area contributed by atoms with Crippen molar-refractivity contribution in [1.82, 2.24) is 10.0 Å². The molecule has 0 aromatic heterocycles. The fraction of sp³-hybridized carbons (Fsp3) is 0.211. The normalized spacial score (nSPS) is 10.9. The van der Waals surface area contributed by atoms with Crippen molar-refractivity contribution < 1.29 is 13.2 Å². The topological polar surface area (TPSA) is 75.3 Å². The number of nitrogens with one attached hydrogen (secondary N) is 2. The third-order valence-corrected chi connectivity index (χ3v) is 5.89. The lowest BCUT2D eigenvalue weighted by molar-refractivity contribution is 0.0953. The second kappa shape index (κ2) is 10.0. The number of carbonyl (C=O) groups is 1. The number of benzene rings is 2. The summed E-state index contributed by atoms with van der Waals surface area (Å²) in [5.41, 5.74) is 0.296. The number of carbonyl (C=O) groups excluding carboxylic acids is 1. The van der Waals surface area contributed by atoms with Gasteiger partial charge in [0, 0.05) is 17.0 Å². The molecule has 0 saturated heterocycles. The molecule has 0 unspecified atom stereocenters. The van der Waals surface area contributed by atoms with E-state index in [0.29, 0.717) is 12.1 Å². The van der Waals surface area contributed by atoms with Crippen molar-refractivity contribution in [2.45, 2.75) is 16.2 Å². The van der Waals surface area contributed by atoms with E-state index in [9.17, 15) is 13.2 Å². The minimum absolute atomic E-state index is 0.0139. The van der Waals surface area contributed by atoms with Gasteiger partial charge in [0.25, 0.3) is 5.91 Å². The molecule has 136 valence electrons. The van der Waals surface area contributed by atoms with Gasteiger partial charge in [-0.05, 0) is 42.5 Å². The van der Waals surface area contributed by atoms with Gasteiger partial charge in [-0.25, -0.2) is 8.42 Å². The van der Waals surface area contributed by atoms with Crippen LogP contribution in [0.1, 0.15) is 16.8 Å². The van der Waals surface area contributed by atoms with Crippen molar-refractivity contribution in [3.8, 4) is 12.3 Å². The van der Waals surface area contributed by atoms with Gasteiger partial charge in [0.2, 0.25) is 10.0 Å². The minimum atomic E-state index is -3.71. The van der Waals surface area contributed by atoms with Crippen LogP contribution in [-0.2, 0) is 10.0 Å². The van der Waals surface area contributed by atoms with Crippen LogP contribution in [0, 0.1) is 12.3 Å². The number of terminal acetylenes is 1. The first-order valence-electron chi connectivity index (χ1n) is 8.02. The molecule has 0 fully saturated rings. The van der Waals surface area contributed by atoms with Crippen LogP contribution in [0.5, 0.6) is 0 Å². The lowest BCUT2D eigenvalue weighted by atomic mass is 10.2. The second-order valence-corrected chi connectivity index (χ2v) is 8.26. The van der Waals surface area contributed by atoms with Crippen molar-refractivity contribution in [3.63, 3.8) is 0 Å². The van der Waals surface area contributed by atoms with E-state index in [-0.39, 0.29) is 17.3 Å². The van der Waals surface area contributed by atoms with Crippen molar-refractivity contribution in [2.75, 3.05) is 18.8 Å². The van der Waals surface area contributed by atoms with Crippen LogP contribution < -0.4 is 10.0 Å². The van der Waals surface area contributed by atoms with Crippen LogP contribution in [-0.4, -0.2) is 33.2 Å². The Morgan fingerprint density at radius 1 is 1.12 bits per heavy atom. The largest absolute Gasteiger partial charge is 0.352 e. The molecule has 0 bridgehead atoms. The van der Waals surface area contributed by atoms with Gasteiger partial charge in [0.05, 0.1) is 11.4 Å². The maximum absolute atomic E-state index is 12.2. The molecule has 7 heteroatoms. The minimum Gasteiger partial charge on any atom is -0.352 e. The van der Waals surface area contributed by atoms with E-state index >= 15 is 0 Å². The Kier molecular flexibility index (Phi) is 7.73. The van der Waals surface area contributed by atoms with Crippen molar-refractivity contribution >= 4 is 27.7 Å². The maximum atomic E-state index is 12.2. The van der Waals surface area contributed by atoms with Gasteiger partial charge in [0.1, 0.15) is 0 Å². The van der Waals surface area contributed by atoms with E-state index in [4.69, 9.17) is 6.42 Å². The Morgan fingerprint density at radius 3 is 2.62 bits per heavy atom. The zero-order valence-electron chi connectivity index (χ0n) is 14.1. The molecule has 0 saturated carbocycles. The van der Waals surface area contributed by atoms with Gasteiger partial charge in [-0.2, -0.15) is 4.72 Å². The van der Waals surface area contributed by atoms with E-state index in [1.165, 1.54) is 23.1 Å². The number of amides is 1. The Labute approximate surface area is 158 Å². The zero-order valence-corrected chi connectivity index (χ0v) is 15.8. The summed E-state index contributed by atoms with van der Waals surface area (Å²) in [7, 11) is -3.71. The Bertz CT molecular complexity index is 875. The van der Waals surface area contributed by atoms with E-state index in [0.717, 1.165) is 12.2 Å². The molecule has 0 atom stereocenters. The summed E-state index contributed by atoms with van der Waals surface area (Å²) in [5, 5.41) is 2.81. The molecule has 0 radical (unpaired) electrons. The molecular weight excluding hydrogens is 368 g/mol. The summed E-state index contributed by atoms with van der Waals surface area (Å²) in [6.07, 6.45) is 5.88. The standard InChI is InChI=1S/C19H20N2O3S2/c1-2-12-21-26(23,24)18-11-6-8-16(15-18)19(22)20-13-7-14-25-17-9-4-3-5-10-17/h1,3-6,8-11,15,21H,7,12-14H2,(H,20,22). The zero-order chi connectivity index (χ0) is 18.8. The summed E-state index contributed by atoms with van der Waals surface area (Å²) in [4.78, 5) is 13.4. The lowest BCUT2D eigenvalue weighted by Gasteiger charge is -2.08. The average Bonchev–Trinajstić information content (AvgIpc) is 2.67. The van der Waals surface area contributed by atoms with Crippen molar-refractivity contribution in [1.29, 1.82) is 0 Å². The summed E-state index contributed by atoms with van der Waals surface area (Å²) < 4.78 is 26.4. The fourth-order valence-electron chi connectivity index (χ4n) is 2.11. The molecule has 0 spiro atoms. The van der Waals surface area contributed by atoms with Crippen LogP contribution in [0.3, 0.4) is 0 Å². The molecule has 0 aliphatic heterocycles. The highest BCUT2D eigenvalue weighted by molar-refractivity contribution is 7.99. The van der Waals surface area contributed by atoms with E-state index in [2.05, 4.69) is 16.0 Å². The number of hydrogen-bond donors (Lipinski definition) is 2. The quantitative estimate of drug-likeness (QED) is 0.393. The molecule has 5 nitrogen and oxygen atoms in total. The SMILES string of the molecule is C#CCNS(=O)(=O)c1cccc(C(=O)NCCCSc2ccccc2)c1. The Morgan fingerprint density at radius 2 is 1.88 bits per heavy atom. The van der Waals surface area contributed by atoms with Gasteiger partial charge in [-0.3, -0.25) is 4.79 Å². The van der Waals surface area contributed by atoms with Crippen LogP contribution in [0.2, 0.25) is 0 Å². The third kappa shape index (κ3) is 6.23. The monoisotopic (exact) mass is 388 g/mol. The van der Waals surface area contributed by atoms with E-state index in [1.54, 1.807) is 17.8 Å². The first-order chi connectivity index (χ1) is 12.5. The first kappa shape index (κ1) is 20.0. The Hall–Kier alpha value is -2.27. The molecule has 0 aliphatic carbocycles. The highest BCUT2D eigenvalue weighted by Crippen LogP contribution is 2.17. The highest BCUT2D eigenvalue weighted by atomic mass is 32.2. The molecule has 2 N–H and O–H groups in total. The number of rotatable bonds is 9. The molecule has 2 aromatic rings. The molecule has 2 rings (SSSR count). The molecule has 2 aromatic carbocycles. The van der Waals surface area contributed by atoms with E-state index in [1.807, 2.05) is 30.3 Å². The number of hydrogen-bond acceptors (Lipinski definition) is 4. The molecule has 0 heterocycles. The van der Waals surface area contributed by atoms with Gasteiger partial charge in [0.15, 0.2) is 0 Å². The molecule has 0 aliphatic rings. The maximum Gasteiger partial charge on any atom is 0.251 e. The average molecular weight is 389 g/mol. The first-order valence-corrected chi connectivity index (χ1v) is 10.5. The molecular formula is C19H20N2O3S2. The van der Waals surface area contributed by atoms with Gasteiger partial charge in [-0.1, -0.05) is 30.2 Å². The fourth-order valence-corrected chi connectivity index (χ4v) is 3.96. The smallest absolute Gasteiger partial charge is 0.251 e. The second-order valence-electron chi connectivity index (χ2n) is 5.33. The van der Waals surface area contributed by atoms with Gasteiger partial charge < -0.3 is 5.32 Å². The van der Waals surface area contributed by atoms with E-state index < -0.39 is 10.0 Å². The summed E-state index contributed by atoms with van der Waals surface area (Å²) >= 11 is 1.73. The summed E-state index contributed by atoms with van der Waals surface area (Å²) in [6, 6.07) is 15.9. The van der Waals surface area contributed by atoms with Crippen LogP contribution in [0.15, 0.2) is 64.4 Å². The lowest BCUT2D eigenvalue weighted by Crippen LogP contribution is -2.26. The summed E-state index contributed by atoms with van der Waals surface area (Å²) in [5.74, 6) is 2.79. The third-order valence-electron chi connectivity index (χ3n) is 3.39. The predicted molar refractivity (Wildman–Crippen MR) is 105 cm³/mol. The van der Waals surface area contributed by atoms with Gasteiger partial charge >= 0.3 is 0 Å². The Balaban J connectivity index is 1.84. The molecule has 1 amide bonds. The summed E-state index contributed by atoms with van der Waals surface area (Å²) in [6.45, 7) is 0.419. The van der Waals surface area contributed by atoms with Crippen LogP contribution >= 0.6 is 11.8 Å². The number of sulfonamides is 1. The van der Waals surface area contributed by atoms with Crippen LogP contribution in [0.4, 0.5) is 0 Å². The van der Waals surface area contributed by atoms with Crippen molar-refractivity contribution in [3.05, 3.63) is 60.2 Å². The molecule has 26 heavy (non-hydrogen) atoms. The van der Waals surface area contributed by atoms with Gasteiger partial charge in [-0.15, -0.1) is 18.2 Å². The highest BCUT2D eigenvalue weighted by Gasteiger charge is 2.15. The number of thioether (sulfide) groups is 1. The van der Waals surface area contributed by atoms with Crippen molar-refractivity contribution in [2.24, 2.45) is 0 Å². The van der Waals surface area contributed by atoms with Crippen LogP contribution in [0.25, 0.3) is 0 Å².